The highest BCUT2D eigenvalue weighted by Gasteiger charge is 2.11. The fourth-order valence-corrected chi connectivity index (χ4v) is 2.29. The molecule has 116 valence electrons. The molecule has 23 heavy (non-hydrogen) atoms. The molecule has 0 saturated carbocycles. The maximum Gasteiger partial charge on any atom is 0.168 e. The minimum Gasteiger partial charge on any atom is -0.454 e. The molecule has 0 heterocycles. The summed E-state index contributed by atoms with van der Waals surface area (Å²) >= 11 is 5.89. The van der Waals surface area contributed by atoms with E-state index in [1.807, 2.05) is 12.1 Å². The van der Waals surface area contributed by atoms with E-state index in [0.717, 1.165) is 17.7 Å². The number of hydrogen-bond donors (Lipinski definition) is 1. The highest BCUT2D eigenvalue weighted by Crippen LogP contribution is 2.36. The summed E-state index contributed by atoms with van der Waals surface area (Å²) in [4.78, 5) is 0. The Morgan fingerprint density at radius 3 is 2.22 bits per heavy atom. The van der Waals surface area contributed by atoms with E-state index >= 15 is 0 Å². The van der Waals surface area contributed by atoms with Crippen molar-refractivity contribution in [2.75, 3.05) is 5.73 Å². The maximum absolute atomic E-state index is 13.8. The Labute approximate surface area is 137 Å². The Hall–Kier alpha value is -2.59. The van der Waals surface area contributed by atoms with Gasteiger partial charge in [-0.05, 0) is 48.0 Å². The van der Waals surface area contributed by atoms with E-state index < -0.39 is 11.6 Å². The van der Waals surface area contributed by atoms with E-state index in [9.17, 15) is 8.78 Å². The second-order valence-electron chi connectivity index (χ2n) is 4.94. The minimum atomic E-state index is -0.774. The average Bonchev–Trinajstić information content (AvgIpc) is 2.52. The first-order valence-corrected chi connectivity index (χ1v) is 7.19. The first kappa shape index (κ1) is 15.3. The molecule has 0 radical (unpaired) electrons. The average molecular weight is 332 g/mol. The molecule has 0 fully saturated rings. The van der Waals surface area contributed by atoms with Crippen LogP contribution in [0.5, 0.6) is 11.5 Å². The highest BCUT2D eigenvalue weighted by molar-refractivity contribution is 6.30. The van der Waals surface area contributed by atoms with Gasteiger partial charge in [0.1, 0.15) is 11.6 Å². The lowest BCUT2D eigenvalue weighted by Crippen LogP contribution is -1.94. The Bertz CT molecular complexity index is 850. The first-order valence-electron chi connectivity index (χ1n) is 6.81. The Kier molecular flexibility index (Phi) is 4.17. The van der Waals surface area contributed by atoms with Crippen molar-refractivity contribution in [2.24, 2.45) is 0 Å². The zero-order valence-corrected chi connectivity index (χ0v) is 12.6. The zero-order chi connectivity index (χ0) is 16.4. The molecule has 3 rings (SSSR count). The number of anilines is 1. The summed E-state index contributed by atoms with van der Waals surface area (Å²) in [6, 6.07) is 15.3. The second-order valence-corrected chi connectivity index (χ2v) is 5.38. The second kappa shape index (κ2) is 6.26. The summed E-state index contributed by atoms with van der Waals surface area (Å²) in [5.74, 6) is -1.09. The number of nitrogen functional groups attached to an aromatic ring is 1. The van der Waals surface area contributed by atoms with Crippen LogP contribution in [0.25, 0.3) is 11.1 Å². The smallest absolute Gasteiger partial charge is 0.168 e. The van der Waals surface area contributed by atoms with Crippen molar-refractivity contribution in [3.63, 3.8) is 0 Å². The SMILES string of the molecule is Nc1ccc(Oc2ccc(F)cc2F)c(-c2ccc(Cl)cc2)c1. The van der Waals surface area contributed by atoms with Gasteiger partial charge < -0.3 is 10.5 Å². The Balaban J connectivity index is 2.04. The summed E-state index contributed by atoms with van der Waals surface area (Å²) in [5, 5.41) is 0.602. The highest BCUT2D eigenvalue weighted by atomic mass is 35.5. The molecule has 0 spiro atoms. The molecule has 0 aliphatic carbocycles. The Morgan fingerprint density at radius 1 is 0.826 bits per heavy atom. The summed E-state index contributed by atoms with van der Waals surface area (Å²) in [7, 11) is 0. The number of halogens is 3. The molecule has 0 aliphatic rings. The molecule has 0 unspecified atom stereocenters. The van der Waals surface area contributed by atoms with Gasteiger partial charge in [0.25, 0.3) is 0 Å². The zero-order valence-electron chi connectivity index (χ0n) is 11.9. The van der Waals surface area contributed by atoms with E-state index in [4.69, 9.17) is 22.1 Å². The summed E-state index contributed by atoms with van der Waals surface area (Å²) in [6.07, 6.45) is 0. The lowest BCUT2D eigenvalue weighted by molar-refractivity contribution is 0.439. The van der Waals surface area contributed by atoms with Crippen LogP contribution in [0.1, 0.15) is 0 Å². The molecule has 2 N–H and O–H groups in total. The monoisotopic (exact) mass is 331 g/mol. The van der Waals surface area contributed by atoms with Crippen LogP contribution in [0, 0.1) is 11.6 Å². The summed E-state index contributed by atoms with van der Waals surface area (Å²) in [6.45, 7) is 0. The quantitative estimate of drug-likeness (QED) is 0.628. The van der Waals surface area contributed by atoms with Gasteiger partial charge in [-0.25, -0.2) is 8.78 Å². The van der Waals surface area contributed by atoms with Crippen molar-refractivity contribution < 1.29 is 13.5 Å². The molecule has 0 aliphatic heterocycles. The molecular weight excluding hydrogens is 320 g/mol. The van der Waals surface area contributed by atoms with Crippen LogP contribution in [0.4, 0.5) is 14.5 Å². The third kappa shape index (κ3) is 3.43. The predicted octanol–water partition coefficient (Wildman–Crippen LogP) is 5.66. The van der Waals surface area contributed by atoms with Crippen molar-refractivity contribution in [2.45, 2.75) is 0 Å². The number of rotatable bonds is 3. The van der Waals surface area contributed by atoms with E-state index in [0.29, 0.717) is 22.0 Å². The molecule has 3 aromatic rings. The summed E-state index contributed by atoms with van der Waals surface area (Å²) < 4.78 is 32.4. The standard InChI is InChI=1S/C18H12ClF2NO/c19-12-3-1-11(2-4-12)15-10-14(22)6-8-17(15)23-18-7-5-13(20)9-16(18)21/h1-10H,22H2. The van der Waals surface area contributed by atoms with Crippen molar-refractivity contribution in [1.82, 2.24) is 0 Å². The van der Waals surface area contributed by atoms with Crippen molar-refractivity contribution in [3.8, 4) is 22.6 Å². The van der Waals surface area contributed by atoms with Gasteiger partial charge in [0.2, 0.25) is 0 Å². The summed E-state index contributed by atoms with van der Waals surface area (Å²) in [5.41, 5.74) is 7.88. The molecule has 2 nitrogen and oxygen atoms in total. The largest absolute Gasteiger partial charge is 0.454 e. The van der Waals surface area contributed by atoms with E-state index in [1.54, 1.807) is 30.3 Å². The fraction of sp³-hybridized carbons (Fsp3) is 0. The van der Waals surface area contributed by atoms with Crippen LogP contribution >= 0.6 is 11.6 Å². The molecule has 0 atom stereocenters. The van der Waals surface area contributed by atoms with Crippen molar-refractivity contribution >= 4 is 17.3 Å². The number of ether oxygens (including phenoxy) is 1. The van der Waals surface area contributed by atoms with E-state index in [-0.39, 0.29) is 5.75 Å². The third-order valence-electron chi connectivity index (χ3n) is 3.27. The normalized spacial score (nSPS) is 10.6. The molecular formula is C18H12ClF2NO. The van der Waals surface area contributed by atoms with Gasteiger partial charge in [-0.2, -0.15) is 0 Å². The number of nitrogens with two attached hydrogens (primary N) is 1. The lowest BCUT2D eigenvalue weighted by Gasteiger charge is -2.13. The topological polar surface area (TPSA) is 35.2 Å². The van der Waals surface area contributed by atoms with Crippen LogP contribution in [0.15, 0.2) is 60.7 Å². The molecule has 0 saturated heterocycles. The van der Waals surface area contributed by atoms with Gasteiger partial charge in [0.15, 0.2) is 11.6 Å². The van der Waals surface area contributed by atoms with E-state index in [1.165, 1.54) is 6.07 Å². The molecule has 3 aromatic carbocycles. The minimum absolute atomic E-state index is 0.0635. The fourth-order valence-electron chi connectivity index (χ4n) is 2.17. The van der Waals surface area contributed by atoms with Gasteiger partial charge in [0.05, 0.1) is 0 Å². The van der Waals surface area contributed by atoms with Gasteiger partial charge in [-0.1, -0.05) is 23.7 Å². The molecule has 0 bridgehead atoms. The molecule has 0 aromatic heterocycles. The predicted molar refractivity (Wildman–Crippen MR) is 87.7 cm³/mol. The van der Waals surface area contributed by atoms with Crippen molar-refractivity contribution in [1.29, 1.82) is 0 Å². The molecule has 0 amide bonds. The number of hydrogen-bond acceptors (Lipinski definition) is 2. The van der Waals surface area contributed by atoms with Gasteiger partial charge in [0, 0.05) is 22.3 Å². The first-order chi connectivity index (χ1) is 11.0. The van der Waals surface area contributed by atoms with Crippen LogP contribution in [-0.4, -0.2) is 0 Å². The molecule has 5 heteroatoms. The van der Waals surface area contributed by atoms with Gasteiger partial charge in [-0.3, -0.25) is 0 Å². The van der Waals surface area contributed by atoms with Crippen LogP contribution < -0.4 is 10.5 Å². The third-order valence-corrected chi connectivity index (χ3v) is 3.52. The lowest BCUT2D eigenvalue weighted by atomic mass is 10.0. The Morgan fingerprint density at radius 2 is 1.52 bits per heavy atom. The van der Waals surface area contributed by atoms with Gasteiger partial charge in [-0.15, -0.1) is 0 Å². The van der Waals surface area contributed by atoms with Crippen molar-refractivity contribution in [3.05, 3.63) is 77.3 Å². The van der Waals surface area contributed by atoms with Crippen LogP contribution in [-0.2, 0) is 0 Å². The van der Waals surface area contributed by atoms with Gasteiger partial charge >= 0.3 is 0 Å². The van der Waals surface area contributed by atoms with Crippen LogP contribution in [0.2, 0.25) is 5.02 Å². The van der Waals surface area contributed by atoms with E-state index in [2.05, 4.69) is 0 Å². The number of benzene rings is 3. The maximum atomic E-state index is 13.8. The van der Waals surface area contributed by atoms with Crippen LogP contribution in [0.3, 0.4) is 0 Å².